The zero-order chi connectivity index (χ0) is 12.2. The molecule has 0 aliphatic heterocycles. The minimum absolute atomic E-state index is 0.324. The minimum atomic E-state index is 0.324. The fraction of sp³-hybridized carbons (Fsp3) is 1.00. The van der Waals surface area contributed by atoms with Gasteiger partial charge in [0.2, 0.25) is 0 Å². The molecule has 1 saturated carbocycles. The number of nitrogens with one attached hydrogen (secondary N) is 1. The fourth-order valence-electron chi connectivity index (χ4n) is 2.79. The van der Waals surface area contributed by atoms with Crippen molar-refractivity contribution in [2.24, 2.45) is 0 Å². The summed E-state index contributed by atoms with van der Waals surface area (Å²) in [6, 6.07) is 1.39. The molecule has 1 aliphatic carbocycles. The Morgan fingerprint density at radius 2 is 1.81 bits per heavy atom. The lowest BCUT2D eigenvalue weighted by atomic mass is 9.93. The quantitative estimate of drug-likeness (QED) is 0.741. The van der Waals surface area contributed by atoms with E-state index < -0.39 is 0 Å². The minimum Gasteiger partial charge on any atom is -0.315 e. The summed E-state index contributed by atoms with van der Waals surface area (Å²) in [5, 5.41) is 3.53. The predicted octanol–water partition coefficient (Wildman–Crippen LogP) is 3.03. The first-order valence-electron chi connectivity index (χ1n) is 6.93. The van der Waals surface area contributed by atoms with E-state index in [4.69, 9.17) is 0 Å². The van der Waals surface area contributed by atoms with E-state index in [-0.39, 0.29) is 0 Å². The van der Waals surface area contributed by atoms with Crippen molar-refractivity contribution in [3.05, 3.63) is 0 Å². The molecule has 0 bridgehead atoms. The average Bonchev–Trinajstić information content (AvgIpc) is 2.52. The molecule has 2 nitrogen and oxygen atoms in total. The van der Waals surface area contributed by atoms with Crippen molar-refractivity contribution in [3.63, 3.8) is 0 Å². The highest BCUT2D eigenvalue weighted by Crippen LogP contribution is 2.28. The van der Waals surface area contributed by atoms with Gasteiger partial charge in [0.05, 0.1) is 0 Å². The van der Waals surface area contributed by atoms with Gasteiger partial charge >= 0.3 is 0 Å². The average molecular weight is 226 g/mol. The zero-order valence-corrected chi connectivity index (χ0v) is 11.8. The summed E-state index contributed by atoms with van der Waals surface area (Å²) in [6.45, 7) is 7.02. The van der Waals surface area contributed by atoms with E-state index in [1.807, 2.05) is 0 Å². The van der Waals surface area contributed by atoms with Crippen LogP contribution < -0.4 is 5.32 Å². The van der Waals surface area contributed by atoms with Crippen LogP contribution in [0.5, 0.6) is 0 Å². The fourth-order valence-corrected chi connectivity index (χ4v) is 2.79. The van der Waals surface area contributed by atoms with Crippen LogP contribution in [0.4, 0.5) is 0 Å². The Morgan fingerprint density at radius 1 is 1.19 bits per heavy atom. The van der Waals surface area contributed by atoms with Gasteiger partial charge in [0.25, 0.3) is 0 Å². The van der Waals surface area contributed by atoms with Crippen molar-refractivity contribution >= 4 is 0 Å². The summed E-state index contributed by atoms with van der Waals surface area (Å²) in [5.74, 6) is 0. The van der Waals surface area contributed by atoms with Crippen LogP contribution >= 0.6 is 0 Å². The van der Waals surface area contributed by atoms with Gasteiger partial charge in [-0.3, -0.25) is 4.90 Å². The maximum Gasteiger partial charge on any atom is 0.0251 e. The summed E-state index contributed by atoms with van der Waals surface area (Å²) in [7, 11) is 4.43. The summed E-state index contributed by atoms with van der Waals surface area (Å²) in [5.41, 5.74) is 0.324. The molecule has 2 unspecified atom stereocenters. The SMILES string of the molecule is CCC(C)(C)N(C)C1CCCCCC1NC. The lowest BCUT2D eigenvalue weighted by molar-refractivity contribution is 0.0714. The molecule has 96 valence electrons. The van der Waals surface area contributed by atoms with Crippen LogP contribution in [0.3, 0.4) is 0 Å². The summed E-state index contributed by atoms with van der Waals surface area (Å²) < 4.78 is 0. The molecule has 0 aromatic carbocycles. The van der Waals surface area contributed by atoms with Crippen molar-refractivity contribution in [2.75, 3.05) is 14.1 Å². The third-order valence-corrected chi connectivity index (χ3v) is 4.67. The first kappa shape index (κ1) is 14.0. The maximum atomic E-state index is 3.53. The van der Waals surface area contributed by atoms with Crippen LogP contribution in [0.25, 0.3) is 0 Å². The van der Waals surface area contributed by atoms with E-state index in [1.165, 1.54) is 38.5 Å². The van der Waals surface area contributed by atoms with Crippen molar-refractivity contribution in [1.29, 1.82) is 0 Å². The van der Waals surface area contributed by atoms with Gasteiger partial charge < -0.3 is 5.32 Å². The number of hydrogen-bond acceptors (Lipinski definition) is 2. The topological polar surface area (TPSA) is 15.3 Å². The molecule has 1 N–H and O–H groups in total. The molecule has 2 heteroatoms. The maximum absolute atomic E-state index is 3.53. The van der Waals surface area contributed by atoms with E-state index in [0.717, 1.165) is 0 Å². The number of nitrogens with zero attached hydrogens (tertiary/aromatic N) is 1. The van der Waals surface area contributed by atoms with Gasteiger partial charge in [0.1, 0.15) is 0 Å². The molecule has 0 radical (unpaired) electrons. The largest absolute Gasteiger partial charge is 0.315 e. The van der Waals surface area contributed by atoms with Crippen LogP contribution in [-0.2, 0) is 0 Å². The predicted molar refractivity (Wildman–Crippen MR) is 71.9 cm³/mol. The van der Waals surface area contributed by atoms with Gasteiger partial charge in [0.15, 0.2) is 0 Å². The van der Waals surface area contributed by atoms with Gasteiger partial charge in [-0.15, -0.1) is 0 Å². The van der Waals surface area contributed by atoms with Gasteiger partial charge in [0, 0.05) is 17.6 Å². The first-order valence-corrected chi connectivity index (χ1v) is 6.93. The Bertz CT molecular complexity index is 201. The number of hydrogen-bond donors (Lipinski definition) is 1. The Morgan fingerprint density at radius 3 is 2.38 bits per heavy atom. The lowest BCUT2D eigenvalue weighted by Crippen LogP contribution is -2.54. The van der Waals surface area contributed by atoms with E-state index in [9.17, 15) is 0 Å². The second-order valence-corrected chi connectivity index (χ2v) is 5.88. The third kappa shape index (κ3) is 3.21. The molecule has 1 fully saturated rings. The van der Waals surface area contributed by atoms with Crippen LogP contribution in [0.1, 0.15) is 59.3 Å². The van der Waals surface area contributed by atoms with Crippen LogP contribution in [0.2, 0.25) is 0 Å². The highest BCUT2D eigenvalue weighted by molar-refractivity contribution is 4.91. The van der Waals surface area contributed by atoms with Crippen molar-refractivity contribution in [3.8, 4) is 0 Å². The normalized spacial score (nSPS) is 28.1. The first-order chi connectivity index (χ1) is 7.53. The Labute approximate surface area is 102 Å². The van der Waals surface area contributed by atoms with E-state index in [2.05, 4.69) is 45.1 Å². The standard InChI is InChI=1S/C14H30N2/c1-6-14(2,3)16(5)13-11-9-7-8-10-12(13)15-4/h12-13,15H,6-11H2,1-5H3. The molecular weight excluding hydrogens is 196 g/mol. The molecule has 0 amide bonds. The van der Waals surface area contributed by atoms with Gasteiger partial charge in [-0.05, 0) is 47.2 Å². The second kappa shape index (κ2) is 6.02. The molecule has 1 aliphatic rings. The van der Waals surface area contributed by atoms with Crippen molar-refractivity contribution in [1.82, 2.24) is 10.2 Å². The third-order valence-electron chi connectivity index (χ3n) is 4.67. The number of rotatable bonds is 4. The van der Waals surface area contributed by atoms with E-state index in [1.54, 1.807) is 0 Å². The molecule has 0 heterocycles. The molecule has 0 aromatic rings. The van der Waals surface area contributed by atoms with Crippen LogP contribution in [0.15, 0.2) is 0 Å². The van der Waals surface area contributed by atoms with Gasteiger partial charge in [-0.25, -0.2) is 0 Å². The smallest absolute Gasteiger partial charge is 0.0251 e. The second-order valence-electron chi connectivity index (χ2n) is 5.88. The van der Waals surface area contributed by atoms with Crippen molar-refractivity contribution < 1.29 is 0 Å². The van der Waals surface area contributed by atoms with Crippen LogP contribution in [0, 0.1) is 0 Å². The molecule has 0 aromatic heterocycles. The summed E-state index contributed by atoms with van der Waals surface area (Å²) >= 11 is 0. The molecule has 16 heavy (non-hydrogen) atoms. The monoisotopic (exact) mass is 226 g/mol. The Kier molecular flexibility index (Phi) is 5.26. The molecular formula is C14H30N2. The van der Waals surface area contributed by atoms with E-state index in [0.29, 0.717) is 17.6 Å². The molecule has 0 spiro atoms. The van der Waals surface area contributed by atoms with Gasteiger partial charge in [-0.1, -0.05) is 26.2 Å². The van der Waals surface area contributed by atoms with Crippen molar-refractivity contribution in [2.45, 2.75) is 76.9 Å². The lowest BCUT2D eigenvalue weighted by Gasteiger charge is -2.43. The summed E-state index contributed by atoms with van der Waals surface area (Å²) in [6.07, 6.45) is 8.11. The summed E-state index contributed by atoms with van der Waals surface area (Å²) in [4.78, 5) is 2.61. The zero-order valence-electron chi connectivity index (χ0n) is 11.8. The van der Waals surface area contributed by atoms with Gasteiger partial charge in [-0.2, -0.15) is 0 Å². The van der Waals surface area contributed by atoms with E-state index >= 15 is 0 Å². The Balaban J connectivity index is 2.73. The highest BCUT2D eigenvalue weighted by Gasteiger charge is 2.32. The van der Waals surface area contributed by atoms with Crippen LogP contribution in [-0.4, -0.2) is 36.6 Å². The number of likely N-dealkylation sites (N-methyl/N-ethyl adjacent to an activating group) is 2. The Hall–Kier alpha value is -0.0800. The highest BCUT2D eigenvalue weighted by atomic mass is 15.2. The molecule has 1 rings (SSSR count). The molecule has 2 atom stereocenters. The molecule has 0 saturated heterocycles.